The summed E-state index contributed by atoms with van der Waals surface area (Å²) < 4.78 is 6.50. The Hall–Kier alpha value is -2.38. The Kier molecular flexibility index (Phi) is 11.1. The molecule has 1 fully saturated rings. The summed E-state index contributed by atoms with van der Waals surface area (Å²) >= 11 is 12.7. The summed E-state index contributed by atoms with van der Waals surface area (Å²) in [7, 11) is 0. The van der Waals surface area contributed by atoms with E-state index < -0.39 is 11.6 Å². The number of aryl methyl sites for hydroxylation is 1. The fourth-order valence-corrected chi connectivity index (χ4v) is 6.14. The molecular weight excluding hydrogens is 543 g/mol. The monoisotopic (exact) mass is 584 g/mol. The molecule has 0 radical (unpaired) electrons. The highest BCUT2D eigenvalue weighted by atomic mass is 35.5. The van der Waals surface area contributed by atoms with Crippen molar-refractivity contribution in [1.29, 1.82) is 0 Å². The zero-order valence-electron chi connectivity index (χ0n) is 23.9. The standard InChI is InChI=1S/C32H42Cl2N4O2/c1-4-6-16-40-32(27-11-8-7-10-23(27)3)20-38(21-32)31(39)29(17-25-12-13-26(33)18-28(25)34)36-15-14-24(9-5-2)30-19-35-22-37-30/h7-8,10-13,18-19,22,24,29,36H,4-6,9,14-17,20-21H2,1-3H3,(H,35,37). The number of halogens is 2. The second kappa shape index (κ2) is 14.5. The molecule has 2 heterocycles. The van der Waals surface area contributed by atoms with Crippen LogP contribution in [0, 0.1) is 6.92 Å². The molecule has 3 aromatic rings. The Bertz CT molecular complexity index is 1230. The normalized spacial score (nSPS) is 16.0. The molecule has 1 aliphatic heterocycles. The highest BCUT2D eigenvalue weighted by molar-refractivity contribution is 6.35. The molecule has 1 saturated heterocycles. The van der Waals surface area contributed by atoms with Crippen LogP contribution in [0.2, 0.25) is 10.0 Å². The van der Waals surface area contributed by atoms with Crippen molar-refractivity contribution in [3.8, 4) is 0 Å². The van der Waals surface area contributed by atoms with Gasteiger partial charge in [0, 0.05) is 28.8 Å². The van der Waals surface area contributed by atoms with Crippen molar-refractivity contribution in [2.24, 2.45) is 0 Å². The first-order valence-corrected chi connectivity index (χ1v) is 15.3. The first-order chi connectivity index (χ1) is 19.4. The Morgan fingerprint density at radius 2 is 1.95 bits per heavy atom. The third kappa shape index (κ3) is 7.47. The van der Waals surface area contributed by atoms with E-state index in [1.54, 1.807) is 12.4 Å². The van der Waals surface area contributed by atoms with Crippen molar-refractivity contribution in [3.63, 3.8) is 0 Å². The second-order valence-electron chi connectivity index (χ2n) is 10.9. The van der Waals surface area contributed by atoms with Gasteiger partial charge in [-0.25, -0.2) is 4.98 Å². The van der Waals surface area contributed by atoms with E-state index in [0.29, 0.717) is 48.6 Å². The third-order valence-electron chi connectivity index (χ3n) is 7.91. The van der Waals surface area contributed by atoms with Crippen LogP contribution in [0.1, 0.15) is 74.3 Å². The Labute approximate surface area is 248 Å². The number of hydrogen-bond acceptors (Lipinski definition) is 4. The zero-order valence-corrected chi connectivity index (χ0v) is 25.4. The van der Waals surface area contributed by atoms with Gasteiger partial charge in [0.25, 0.3) is 0 Å². The molecule has 0 spiro atoms. The number of rotatable bonds is 15. The van der Waals surface area contributed by atoms with E-state index in [-0.39, 0.29) is 5.91 Å². The lowest BCUT2D eigenvalue weighted by Crippen LogP contribution is -2.66. The van der Waals surface area contributed by atoms with Crippen LogP contribution in [-0.2, 0) is 21.6 Å². The summed E-state index contributed by atoms with van der Waals surface area (Å²) in [6.07, 6.45) is 9.27. The number of likely N-dealkylation sites (tertiary alicyclic amines) is 1. The average molecular weight is 586 g/mol. The van der Waals surface area contributed by atoms with E-state index in [1.807, 2.05) is 29.3 Å². The minimum Gasteiger partial charge on any atom is -0.367 e. The molecule has 2 atom stereocenters. The van der Waals surface area contributed by atoms with Gasteiger partial charge in [0.2, 0.25) is 5.91 Å². The predicted molar refractivity (Wildman–Crippen MR) is 163 cm³/mol. The number of imidazole rings is 1. The molecule has 6 nitrogen and oxygen atoms in total. The maximum atomic E-state index is 14.0. The van der Waals surface area contributed by atoms with Gasteiger partial charge in [0.15, 0.2) is 0 Å². The average Bonchev–Trinajstić information content (AvgIpc) is 3.45. The number of ether oxygens (including phenoxy) is 1. The van der Waals surface area contributed by atoms with Gasteiger partial charge in [-0.15, -0.1) is 0 Å². The van der Waals surface area contributed by atoms with Crippen LogP contribution < -0.4 is 5.32 Å². The number of unbranched alkanes of at least 4 members (excludes halogenated alkanes) is 1. The second-order valence-corrected chi connectivity index (χ2v) is 11.8. The van der Waals surface area contributed by atoms with E-state index >= 15 is 0 Å². The molecule has 216 valence electrons. The van der Waals surface area contributed by atoms with E-state index in [4.69, 9.17) is 27.9 Å². The Balaban J connectivity index is 1.49. The molecule has 8 heteroatoms. The molecule has 0 aliphatic carbocycles. The summed E-state index contributed by atoms with van der Waals surface area (Å²) in [5.74, 6) is 0.407. The van der Waals surface area contributed by atoms with Crippen LogP contribution in [0.15, 0.2) is 55.0 Å². The number of nitrogens with zero attached hydrogens (tertiary/aromatic N) is 2. The number of H-pyrrole nitrogens is 1. The number of carbonyl (C=O) groups excluding carboxylic acids is 1. The van der Waals surface area contributed by atoms with E-state index in [9.17, 15) is 4.79 Å². The summed E-state index contributed by atoms with van der Waals surface area (Å²) in [4.78, 5) is 23.5. The molecule has 1 aromatic heterocycles. The SMILES string of the molecule is CCCCOC1(c2ccccc2C)CN(C(=O)C(Cc2ccc(Cl)cc2Cl)NCCC(CCC)c2c[nH]cn2)C1. The number of carbonyl (C=O) groups is 1. The van der Waals surface area contributed by atoms with Crippen LogP contribution in [0.5, 0.6) is 0 Å². The Morgan fingerprint density at radius 1 is 1.15 bits per heavy atom. The van der Waals surface area contributed by atoms with Crippen molar-refractivity contribution in [1.82, 2.24) is 20.2 Å². The summed E-state index contributed by atoms with van der Waals surface area (Å²) in [5, 5.41) is 4.74. The van der Waals surface area contributed by atoms with Crippen LogP contribution in [0.3, 0.4) is 0 Å². The topological polar surface area (TPSA) is 70.2 Å². The van der Waals surface area contributed by atoms with E-state index in [0.717, 1.165) is 43.4 Å². The molecule has 1 amide bonds. The highest BCUT2D eigenvalue weighted by Gasteiger charge is 2.49. The fraction of sp³-hybridized carbons (Fsp3) is 0.500. The number of amides is 1. The molecule has 1 aliphatic rings. The van der Waals surface area contributed by atoms with Crippen LogP contribution in [0.25, 0.3) is 0 Å². The van der Waals surface area contributed by atoms with Crippen LogP contribution >= 0.6 is 23.2 Å². The van der Waals surface area contributed by atoms with Gasteiger partial charge >= 0.3 is 0 Å². The minimum atomic E-state index is -0.467. The van der Waals surface area contributed by atoms with Gasteiger partial charge < -0.3 is 19.9 Å². The van der Waals surface area contributed by atoms with Gasteiger partial charge in [0.05, 0.1) is 31.2 Å². The van der Waals surface area contributed by atoms with Gasteiger partial charge in [-0.1, -0.05) is 80.2 Å². The number of nitrogens with one attached hydrogen (secondary N) is 2. The lowest BCUT2D eigenvalue weighted by atomic mass is 9.82. The molecule has 2 N–H and O–H groups in total. The quantitative estimate of drug-likeness (QED) is 0.188. The first-order valence-electron chi connectivity index (χ1n) is 14.5. The summed E-state index contributed by atoms with van der Waals surface area (Å²) in [5.41, 5.74) is 3.86. The molecule has 40 heavy (non-hydrogen) atoms. The summed E-state index contributed by atoms with van der Waals surface area (Å²) in [6, 6.07) is 13.4. The van der Waals surface area contributed by atoms with Crippen LogP contribution in [0.4, 0.5) is 0 Å². The number of aromatic amines is 1. The lowest BCUT2D eigenvalue weighted by Gasteiger charge is -2.51. The molecule has 2 unspecified atom stereocenters. The minimum absolute atomic E-state index is 0.0705. The molecular formula is C32H42Cl2N4O2. The van der Waals surface area contributed by atoms with Crippen molar-refractivity contribution in [2.75, 3.05) is 26.2 Å². The fourth-order valence-electron chi connectivity index (χ4n) is 5.65. The smallest absolute Gasteiger partial charge is 0.240 e. The summed E-state index contributed by atoms with van der Waals surface area (Å²) in [6.45, 7) is 8.93. The first kappa shape index (κ1) is 30.6. The van der Waals surface area contributed by atoms with Crippen molar-refractivity contribution in [2.45, 2.75) is 76.9 Å². The van der Waals surface area contributed by atoms with E-state index in [1.165, 1.54) is 11.1 Å². The van der Waals surface area contributed by atoms with Crippen LogP contribution in [-0.4, -0.2) is 53.1 Å². The maximum absolute atomic E-state index is 14.0. The zero-order chi connectivity index (χ0) is 28.5. The molecule has 0 saturated carbocycles. The number of aromatic nitrogens is 2. The maximum Gasteiger partial charge on any atom is 0.240 e. The van der Waals surface area contributed by atoms with Gasteiger partial charge in [-0.3, -0.25) is 4.79 Å². The largest absolute Gasteiger partial charge is 0.367 e. The van der Waals surface area contributed by atoms with Crippen molar-refractivity contribution in [3.05, 3.63) is 87.4 Å². The molecule has 4 rings (SSSR count). The van der Waals surface area contributed by atoms with E-state index in [2.05, 4.69) is 54.3 Å². The van der Waals surface area contributed by atoms with Crippen molar-refractivity contribution >= 4 is 29.1 Å². The van der Waals surface area contributed by atoms with Crippen molar-refractivity contribution < 1.29 is 9.53 Å². The third-order valence-corrected chi connectivity index (χ3v) is 8.50. The predicted octanol–water partition coefficient (Wildman–Crippen LogP) is 7.05. The number of benzene rings is 2. The van der Waals surface area contributed by atoms with Gasteiger partial charge in [-0.05, 0) is 68.0 Å². The molecule has 0 bridgehead atoms. The lowest BCUT2D eigenvalue weighted by molar-refractivity contribution is -0.175. The van der Waals surface area contributed by atoms with Gasteiger partial charge in [0.1, 0.15) is 5.60 Å². The Morgan fingerprint density at radius 3 is 2.62 bits per heavy atom. The molecule has 2 aromatic carbocycles. The van der Waals surface area contributed by atoms with Gasteiger partial charge in [-0.2, -0.15) is 0 Å². The number of hydrogen-bond donors (Lipinski definition) is 2. The highest BCUT2D eigenvalue weighted by Crippen LogP contribution is 2.38.